The molecule has 0 fully saturated rings. The Balaban J connectivity index is 2.29. The van der Waals surface area contributed by atoms with Gasteiger partial charge < -0.3 is 0 Å². The Morgan fingerprint density at radius 1 is 0.824 bits per heavy atom. The van der Waals surface area contributed by atoms with E-state index >= 15 is 0 Å². The van der Waals surface area contributed by atoms with Gasteiger partial charge in [0.25, 0.3) is 0 Å². The third kappa shape index (κ3) is 3.07. The molecule has 0 radical (unpaired) electrons. The summed E-state index contributed by atoms with van der Waals surface area (Å²) in [6.07, 6.45) is 4.17. The summed E-state index contributed by atoms with van der Waals surface area (Å²) in [5.41, 5.74) is 2.78. The van der Waals surface area contributed by atoms with Crippen molar-refractivity contribution in [1.82, 2.24) is 0 Å². The summed E-state index contributed by atoms with van der Waals surface area (Å²) in [4.78, 5) is 0. The van der Waals surface area contributed by atoms with E-state index in [1.165, 1.54) is 11.1 Å². The van der Waals surface area contributed by atoms with Crippen molar-refractivity contribution < 1.29 is 0 Å². The van der Waals surface area contributed by atoms with Crippen LogP contribution in [0.1, 0.15) is 29.9 Å². The smallest absolute Gasteiger partial charge is 0.00922 e. The van der Waals surface area contributed by atoms with Gasteiger partial charge >= 0.3 is 0 Å². The van der Waals surface area contributed by atoms with Crippen LogP contribution in [-0.2, 0) is 0 Å². The molecule has 0 aliphatic carbocycles. The second kappa shape index (κ2) is 6.05. The Hall–Kier alpha value is -1.82. The molecule has 0 atom stereocenters. The first-order valence-electron chi connectivity index (χ1n) is 6.12. The highest BCUT2D eigenvalue weighted by molar-refractivity contribution is 5.32. The Bertz CT molecular complexity index is 402. The van der Waals surface area contributed by atoms with Gasteiger partial charge in [0.1, 0.15) is 0 Å². The fourth-order valence-corrected chi connectivity index (χ4v) is 2.18. The molecule has 0 N–H and O–H groups in total. The predicted molar refractivity (Wildman–Crippen MR) is 74.2 cm³/mol. The van der Waals surface area contributed by atoms with Crippen LogP contribution in [0.15, 0.2) is 73.3 Å². The van der Waals surface area contributed by atoms with Crippen molar-refractivity contribution in [2.45, 2.75) is 18.8 Å². The van der Waals surface area contributed by atoms with Gasteiger partial charge in [-0.25, -0.2) is 0 Å². The molecular formula is C17H18. The molecule has 0 nitrogen and oxygen atoms in total. The fourth-order valence-electron chi connectivity index (χ4n) is 2.18. The largest absolute Gasteiger partial charge is 0.103 e. The number of hydrogen-bond donors (Lipinski definition) is 0. The van der Waals surface area contributed by atoms with E-state index in [-0.39, 0.29) is 0 Å². The van der Waals surface area contributed by atoms with Crippen LogP contribution in [0.25, 0.3) is 0 Å². The van der Waals surface area contributed by atoms with Crippen molar-refractivity contribution in [3.63, 3.8) is 0 Å². The van der Waals surface area contributed by atoms with E-state index in [4.69, 9.17) is 0 Å². The van der Waals surface area contributed by atoms with E-state index in [1.54, 1.807) is 0 Å². The lowest BCUT2D eigenvalue weighted by Crippen LogP contribution is -2.00. The highest BCUT2D eigenvalue weighted by Crippen LogP contribution is 2.28. The number of allylic oxidation sites excluding steroid dienone is 1. The van der Waals surface area contributed by atoms with E-state index < -0.39 is 0 Å². The van der Waals surface area contributed by atoms with Gasteiger partial charge in [0.05, 0.1) is 0 Å². The Morgan fingerprint density at radius 3 is 1.71 bits per heavy atom. The molecule has 0 aliphatic rings. The van der Waals surface area contributed by atoms with Crippen molar-refractivity contribution in [2.75, 3.05) is 0 Å². The molecule has 0 heterocycles. The molecule has 0 saturated carbocycles. The van der Waals surface area contributed by atoms with Crippen molar-refractivity contribution in [3.8, 4) is 0 Å². The summed E-state index contributed by atoms with van der Waals surface area (Å²) in [6.45, 7) is 3.82. The Kier molecular flexibility index (Phi) is 4.15. The molecule has 0 bridgehead atoms. The standard InChI is InChI=1S/C17H18/c1-2-3-14-17(15-10-6-4-7-11-15)16-12-8-5-9-13-16/h2,4-13,17H,1,3,14H2. The van der Waals surface area contributed by atoms with Gasteiger partial charge in [0.15, 0.2) is 0 Å². The van der Waals surface area contributed by atoms with Gasteiger partial charge in [-0.15, -0.1) is 6.58 Å². The van der Waals surface area contributed by atoms with Gasteiger partial charge in [-0.05, 0) is 24.0 Å². The van der Waals surface area contributed by atoms with Crippen LogP contribution in [-0.4, -0.2) is 0 Å². The second-order valence-corrected chi connectivity index (χ2v) is 4.24. The molecule has 86 valence electrons. The molecule has 2 rings (SSSR count). The summed E-state index contributed by atoms with van der Waals surface area (Å²) < 4.78 is 0. The van der Waals surface area contributed by atoms with Crippen LogP contribution in [0.2, 0.25) is 0 Å². The van der Waals surface area contributed by atoms with Crippen molar-refractivity contribution >= 4 is 0 Å². The number of rotatable bonds is 5. The first-order chi connectivity index (χ1) is 8.42. The third-order valence-electron chi connectivity index (χ3n) is 3.06. The van der Waals surface area contributed by atoms with Crippen molar-refractivity contribution in [2.24, 2.45) is 0 Å². The fraction of sp³-hybridized carbons (Fsp3) is 0.176. The van der Waals surface area contributed by atoms with Gasteiger partial charge in [0.2, 0.25) is 0 Å². The van der Waals surface area contributed by atoms with E-state index in [0.717, 1.165) is 12.8 Å². The SMILES string of the molecule is C=CCCC(c1ccccc1)c1ccccc1. The maximum atomic E-state index is 3.82. The zero-order valence-corrected chi connectivity index (χ0v) is 10.0. The molecule has 0 heteroatoms. The minimum atomic E-state index is 0.482. The lowest BCUT2D eigenvalue weighted by Gasteiger charge is -2.17. The topological polar surface area (TPSA) is 0 Å². The average molecular weight is 222 g/mol. The lowest BCUT2D eigenvalue weighted by atomic mass is 9.87. The Morgan fingerprint density at radius 2 is 1.29 bits per heavy atom. The van der Waals surface area contributed by atoms with Crippen LogP contribution in [0.3, 0.4) is 0 Å². The van der Waals surface area contributed by atoms with Crippen molar-refractivity contribution in [3.05, 3.63) is 84.4 Å². The van der Waals surface area contributed by atoms with Crippen LogP contribution < -0.4 is 0 Å². The van der Waals surface area contributed by atoms with Gasteiger partial charge in [0, 0.05) is 5.92 Å². The first-order valence-corrected chi connectivity index (χ1v) is 6.12. The summed E-state index contributed by atoms with van der Waals surface area (Å²) in [5, 5.41) is 0. The maximum absolute atomic E-state index is 3.82. The van der Waals surface area contributed by atoms with Crippen LogP contribution >= 0.6 is 0 Å². The summed E-state index contributed by atoms with van der Waals surface area (Å²) in [7, 11) is 0. The second-order valence-electron chi connectivity index (χ2n) is 4.24. The molecule has 17 heavy (non-hydrogen) atoms. The van der Waals surface area contributed by atoms with Crippen LogP contribution in [0, 0.1) is 0 Å². The van der Waals surface area contributed by atoms with E-state index in [0.29, 0.717) is 5.92 Å². The highest BCUT2D eigenvalue weighted by Gasteiger charge is 2.12. The minimum Gasteiger partial charge on any atom is -0.103 e. The Labute approximate surface area is 104 Å². The maximum Gasteiger partial charge on any atom is 0.00922 e. The molecule has 0 aliphatic heterocycles. The first kappa shape index (κ1) is 11.7. The van der Waals surface area contributed by atoms with Gasteiger partial charge in [-0.1, -0.05) is 66.7 Å². The lowest BCUT2D eigenvalue weighted by molar-refractivity contribution is 0.729. The van der Waals surface area contributed by atoms with E-state index in [2.05, 4.69) is 67.2 Å². The number of hydrogen-bond acceptors (Lipinski definition) is 0. The summed E-state index contributed by atoms with van der Waals surface area (Å²) in [5.74, 6) is 0.482. The summed E-state index contributed by atoms with van der Waals surface area (Å²) in [6, 6.07) is 21.4. The molecule has 0 spiro atoms. The molecule has 0 aromatic heterocycles. The van der Waals surface area contributed by atoms with Gasteiger partial charge in [-0.2, -0.15) is 0 Å². The summed E-state index contributed by atoms with van der Waals surface area (Å²) >= 11 is 0. The molecule has 0 amide bonds. The van der Waals surface area contributed by atoms with E-state index in [1.807, 2.05) is 6.08 Å². The monoisotopic (exact) mass is 222 g/mol. The highest BCUT2D eigenvalue weighted by atomic mass is 14.2. The normalized spacial score (nSPS) is 10.4. The number of benzene rings is 2. The van der Waals surface area contributed by atoms with Crippen LogP contribution in [0.5, 0.6) is 0 Å². The predicted octanol–water partition coefficient (Wildman–Crippen LogP) is 4.78. The van der Waals surface area contributed by atoms with Crippen LogP contribution in [0.4, 0.5) is 0 Å². The van der Waals surface area contributed by atoms with Crippen molar-refractivity contribution in [1.29, 1.82) is 0 Å². The molecule has 2 aromatic rings. The quantitative estimate of drug-likeness (QED) is 0.638. The third-order valence-corrected chi connectivity index (χ3v) is 3.06. The minimum absolute atomic E-state index is 0.482. The zero-order valence-electron chi connectivity index (χ0n) is 10.0. The molecule has 2 aromatic carbocycles. The molecule has 0 saturated heterocycles. The average Bonchev–Trinajstić information content (AvgIpc) is 2.42. The van der Waals surface area contributed by atoms with Gasteiger partial charge in [-0.3, -0.25) is 0 Å². The molecule has 0 unspecified atom stereocenters. The zero-order chi connectivity index (χ0) is 11.9. The molecular weight excluding hydrogens is 204 g/mol. The van der Waals surface area contributed by atoms with E-state index in [9.17, 15) is 0 Å².